The summed E-state index contributed by atoms with van der Waals surface area (Å²) in [6.07, 6.45) is 3.31. The molecule has 2 saturated carbocycles. The van der Waals surface area contributed by atoms with Gasteiger partial charge >= 0.3 is 12.7 Å². The standard InChI is InChI=1S/C21H18F3N3O3.C17H14F3NO3/c22-21(23,24)30-17-5-3-16(4-6-17)29-18-7-8-19(27-12-18)20(28,9-14-1-2-14)15-10-25-13-26-11-15;18-17(19,20)24-13-5-3-12(4-6-13)23-14-7-8-15(21-10-14)16(22)9-11-1-2-11/h3-8,10-14,28H,1-2,9H2;3-8,10-11H,1-2,9H2. The van der Waals surface area contributed by atoms with Gasteiger partial charge in [-0.1, -0.05) is 12.8 Å². The van der Waals surface area contributed by atoms with Gasteiger partial charge in [-0.05, 0) is 104 Å². The first-order valence-electron chi connectivity index (χ1n) is 16.7. The molecule has 2 fully saturated rings. The fraction of sp³-hybridized carbons (Fsp3) is 0.289. The Hall–Kier alpha value is -5.77. The predicted molar refractivity (Wildman–Crippen MR) is 179 cm³/mol. The fourth-order valence-corrected chi connectivity index (χ4v) is 5.29. The molecule has 1 N–H and O–H groups in total. The van der Waals surface area contributed by atoms with Gasteiger partial charge in [0.25, 0.3) is 0 Å². The predicted octanol–water partition coefficient (Wildman–Crippen LogP) is 9.35. The zero-order valence-corrected chi connectivity index (χ0v) is 28.3. The Labute approximate surface area is 304 Å². The third kappa shape index (κ3) is 11.4. The molecule has 54 heavy (non-hydrogen) atoms. The third-order valence-corrected chi connectivity index (χ3v) is 8.26. The molecular weight excluding hydrogens is 722 g/mol. The molecule has 0 amide bonds. The van der Waals surface area contributed by atoms with Gasteiger partial charge in [-0.2, -0.15) is 0 Å². The topological polar surface area (TPSA) is 126 Å². The van der Waals surface area contributed by atoms with Crippen molar-refractivity contribution in [1.82, 2.24) is 19.9 Å². The summed E-state index contributed by atoms with van der Waals surface area (Å²) in [6.45, 7) is 0. The Morgan fingerprint density at radius 1 is 0.611 bits per heavy atom. The molecule has 5 aromatic rings. The number of rotatable bonds is 13. The largest absolute Gasteiger partial charge is 0.573 e. The summed E-state index contributed by atoms with van der Waals surface area (Å²) in [4.78, 5) is 28.4. The summed E-state index contributed by atoms with van der Waals surface area (Å²) >= 11 is 0. The lowest BCUT2D eigenvalue weighted by Gasteiger charge is -2.27. The van der Waals surface area contributed by atoms with Crippen molar-refractivity contribution in [3.63, 3.8) is 0 Å². The number of pyridine rings is 2. The summed E-state index contributed by atoms with van der Waals surface area (Å²) in [5, 5.41) is 11.4. The van der Waals surface area contributed by atoms with Gasteiger partial charge in [0, 0.05) is 24.4 Å². The monoisotopic (exact) mass is 754 g/mol. The van der Waals surface area contributed by atoms with Crippen LogP contribution in [0.5, 0.6) is 34.5 Å². The van der Waals surface area contributed by atoms with Gasteiger partial charge in [-0.25, -0.2) is 15.0 Å². The minimum absolute atomic E-state index is 0.0118. The van der Waals surface area contributed by atoms with Gasteiger partial charge in [0.15, 0.2) is 5.78 Å². The van der Waals surface area contributed by atoms with E-state index >= 15 is 0 Å². The molecule has 0 aliphatic heterocycles. The average molecular weight is 755 g/mol. The zero-order valence-electron chi connectivity index (χ0n) is 28.3. The lowest BCUT2D eigenvalue weighted by Crippen LogP contribution is -2.29. The second-order valence-corrected chi connectivity index (χ2v) is 12.7. The van der Waals surface area contributed by atoms with Crippen LogP contribution in [0.3, 0.4) is 0 Å². The van der Waals surface area contributed by atoms with Gasteiger partial charge in [0.1, 0.15) is 52.1 Å². The van der Waals surface area contributed by atoms with Crippen LogP contribution in [0.4, 0.5) is 26.3 Å². The molecule has 16 heteroatoms. The number of ether oxygens (including phenoxy) is 4. The van der Waals surface area contributed by atoms with Crippen molar-refractivity contribution in [3.8, 4) is 34.5 Å². The van der Waals surface area contributed by atoms with E-state index in [-0.39, 0.29) is 17.3 Å². The molecule has 3 aromatic heterocycles. The number of halogens is 6. The molecule has 2 aliphatic rings. The summed E-state index contributed by atoms with van der Waals surface area (Å²) < 4.78 is 91.7. The number of hydrogen-bond acceptors (Lipinski definition) is 10. The van der Waals surface area contributed by atoms with Crippen LogP contribution in [-0.2, 0) is 5.60 Å². The van der Waals surface area contributed by atoms with Crippen LogP contribution in [0.25, 0.3) is 0 Å². The van der Waals surface area contributed by atoms with E-state index in [9.17, 15) is 36.2 Å². The van der Waals surface area contributed by atoms with Crippen LogP contribution in [0.15, 0.2) is 104 Å². The van der Waals surface area contributed by atoms with Crippen LogP contribution in [0.2, 0.25) is 0 Å². The van der Waals surface area contributed by atoms with Crippen LogP contribution in [-0.4, -0.2) is 43.6 Å². The van der Waals surface area contributed by atoms with Crippen molar-refractivity contribution in [2.75, 3.05) is 0 Å². The quantitative estimate of drug-likeness (QED) is 0.0918. The van der Waals surface area contributed by atoms with E-state index in [0.717, 1.165) is 49.9 Å². The number of aliphatic hydroxyl groups is 1. The number of aromatic nitrogens is 4. The molecule has 0 bridgehead atoms. The highest BCUT2D eigenvalue weighted by Gasteiger charge is 2.40. The minimum Gasteiger partial charge on any atom is -0.456 e. The molecule has 0 saturated heterocycles. The number of carbonyl (C=O) groups is 1. The van der Waals surface area contributed by atoms with Crippen molar-refractivity contribution in [1.29, 1.82) is 0 Å². The van der Waals surface area contributed by atoms with Gasteiger partial charge in [-0.15, -0.1) is 26.3 Å². The van der Waals surface area contributed by atoms with Gasteiger partial charge in [0.05, 0.1) is 18.1 Å². The van der Waals surface area contributed by atoms with Gasteiger partial charge in [0.2, 0.25) is 0 Å². The van der Waals surface area contributed by atoms with Crippen LogP contribution < -0.4 is 18.9 Å². The third-order valence-electron chi connectivity index (χ3n) is 8.26. The van der Waals surface area contributed by atoms with Crippen LogP contribution >= 0.6 is 0 Å². The lowest BCUT2D eigenvalue weighted by molar-refractivity contribution is -0.275. The Morgan fingerprint density at radius 3 is 1.50 bits per heavy atom. The number of Topliss-reactive ketones (excluding diaryl/α,β-unsaturated/α-hetero) is 1. The normalized spacial score (nSPS) is 15.2. The maximum atomic E-state index is 12.2. The number of hydrogen-bond donors (Lipinski definition) is 1. The number of benzene rings is 2. The summed E-state index contributed by atoms with van der Waals surface area (Å²) in [7, 11) is 0. The molecule has 10 nitrogen and oxygen atoms in total. The highest BCUT2D eigenvalue weighted by Crippen LogP contribution is 2.43. The van der Waals surface area contributed by atoms with E-state index in [2.05, 4.69) is 29.4 Å². The van der Waals surface area contributed by atoms with E-state index in [4.69, 9.17) is 9.47 Å². The maximum absolute atomic E-state index is 12.2. The Balaban J connectivity index is 0.000000189. The molecule has 2 aliphatic carbocycles. The molecule has 1 unspecified atom stereocenters. The first-order valence-corrected chi connectivity index (χ1v) is 16.7. The van der Waals surface area contributed by atoms with E-state index in [1.54, 1.807) is 36.7 Å². The first kappa shape index (κ1) is 38.0. The van der Waals surface area contributed by atoms with Crippen molar-refractivity contribution in [3.05, 3.63) is 121 Å². The van der Waals surface area contributed by atoms with E-state index < -0.39 is 18.3 Å². The number of nitrogens with zero attached hydrogens (tertiary/aromatic N) is 4. The summed E-state index contributed by atoms with van der Waals surface area (Å²) in [5.41, 5.74) is 0.101. The molecular formula is C38H32F6N4O6. The van der Waals surface area contributed by atoms with E-state index in [1.807, 2.05) is 0 Å². The second kappa shape index (κ2) is 16.1. The molecule has 0 spiro atoms. The second-order valence-electron chi connectivity index (χ2n) is 12.7. The van der Waals surface area contributed by atoms with Crippen molar-refractivity contribution >= 4 is 5.78 Å². The van der Waals surface area contributed by atoms with Crippen LogP contribution in [0, 0.1) is 11.8 Å². The zero-order chi connectivity index (χ0) is 38.3. The molecule has 282 valence electrons. The fourth-order valence-electron chi connectivity index (χ4n) is 5.29. The average Bonchev–Trinajstić information content (AvgIpc) is 4.08. The maximum Gasteiger partial charge on any atom is 0.573 e. The molecule has 7 rings (SSSR count). The molecule has 1 atom stereocenters. The number of carbonyl (C=O) groups excluding carboxylic acids is 1. The molecule has 2 aromatic carbocycles. The lowest BCUT2D eigenvalue weighted by atomic mass is 9.86. The smallest absolute Gasteiger partial charge is 0.456 e. The van der Waals surface area contributed by atoms with Crippen molar-refractivity contribution in [2.45, 2.75) is 56.9 Å². The Bertz CT molecular complexity index is 1970. The van der Waals surface area contributed by atoms with Crippen molar-refractivity contribution in [2.24, 2.45) is 11.8 Å². The van der Waals surface area contributed by atoms with Crippen molar-refractivity contribution < 1.29 is 55.2 Å². The minimum atomic E-state index is -4.75. The SMILES string of the molecule is O=C(CC1CC1)c1ccc(Oc2ccc(OC(F)(F)F)cc2)cn1.OC(CC1CC1)(c1cncnc1)c1ccc(Oc2ccc(OC(F)(F)F)cc2)cn1. The van der Waals surface area contributed by atoms with Crippen LogP contribution in [0.1, 0.15) is 60.3 Å². The number of ketones is 1. The number of alkyl halides is 6. The summed E-state index contributed by atoms with van der Waals surface area (Å²) in [6, 6.07) is 16.6. The van der Waals surface area contributed by atoms with Gasteiger partial charge in [-0.3, -0.25) is 9.78 Å². The van der Waals surface area contributed by atoms with E-state index in [0.29, 0.717) is 64.6 Å². The van der Waals surface area contributed by atoms with E-state index in [1.165, 1.54) is 43.0 Å². The van der Waals surface area contributed by atoms with Gasteiger partial charge < -0.3 is 24.1 Å². The Kier molecular flexibility index (Phi) is 11.3. The Morgan fingerprint density at radius 2 is 1.07 bits per heavy atom. The first-order chi connectivity index (χ1) is 25.7. The molecule has 3 heterocycles. The highest BCUT2D eigenvalue weighted by molar-refractivity contribution is 5.94. The highest BCUT2D eigenvalue weighted by atomic mass is 19.4. The molecule has 0 radical (unpaired) electrons. The summed E-state index contributed by atoms with van der Waals surface area (Å²) in [5.74, 6) is 1.69.